The van der Waals surface area contributed by atoms with Crippen molar-refractivity contribution in [2.45, 2.75) is 13.0 Å². The summed E-state index contributed by atoms with van der Waals surface area (Å²) in [7, 11) is 0. The summed E-state index contributed by atoms with van der Waals surface area (Å²) in [6.07, 6.45) is -1.08. The van der Waals surface area contributed by atoms with Gasteiger partial charge in [-0.25, -0.2) is 9.18 Å². The number of nitrogens with two attached hydrogens (primary N) is 1. The molecule has 7 heteroatoms. The van der Waals surface area contributed by atoms with Crippen LogP contribution < -0.4 is 11.1 Å². The van der Waals surface area contributed by atoms with Crippen molar-refractivity contribution in [2.24, 2.45) is 0 Å². The van der Waals surface area contributed by atoms with Gasteiger partial charge >= 0.3 is 5.97 Å². The first-order valence-corrected chi connectivity index (χ1v) is 7.07. The van der Waals surface area contributed by atoms with E-state index >= 15 is 0 Å². The molecular weight excluding hydrogens is 323 g/mol. The SMILES string of the molecule is C[C@H](OC(=O)c1ccc(Cl)cc1N)C(=O)Nc1cccc(F)c1. The van der Waals surface area contributed by atoms with Gasteiger partial charge in [-0.3, -0.25) is 4.79 Å². The number of hydrogen-bond acceptors (Lipinski definition) is 4. The van der Waals surface area contributed by atoms with E-state index < -0.39 is 23.8 Å². The first-order valence-electron chi connectivity index (χ1n) is 6.69. The van der Waals surface area contributed by atoms with E-state index in [1.54, 1.807) is 0 Å². The first-order chi connectivity index (χ1) is 10.9. The van der Waals surface area contributed by atoms with Crippen molar-refractivity contribution >= 4 is 34.9 Å². The topological polar surface area (TPSA) is 81.4 Å². The van der Waals surface area contributed by atoms with Crippen LogP contribution in [0.15, 0.2) is 42.5 Å². The molecular formula is C16H14ClFN2O3. The van der Waals surface area contributed by atoms with Crippen molar-refractivity contribution in [3.05, 3.63) is 58.9 Å². The third kappa shape index (κ3) is 4.43. The average molecular weight is 337 g/mol. The molecule has 0 aliphatic rings. The number of nitrogen functional groups attached to an aromatic ring is 1. The molecule has 1 amide bonds. The maximum atomic E-state index is 13.1. The zero-order valence-electron chi connectivity index (χ0n) is 12.2. The smallest absolute Gasteiger partial charge is 0.341 e. The highest BCUT2D eigenvalue weighted by Crippen LogP contribution is 2.19. The molecule has 2 aromatic rings. The Morgan fingerprint density at radius 2 is 2.00 bits per heavy atom. The van der Waals surface area contributed by atoms with Crippen molar-refractivity contribution in [3.8, 4) is 0 Å². The normalized spacial score (nSPS) is 11.6. The number of hydrogen-bond donors (Lipinski definition) is 2. The van der Waals surface area contributed by atoms with E-state index in [4.69, 9.17) is 22.1 Å². The van der Waals surface area contributed by atoms with Crippen LogP contribution in [0.4, 0.5) is 15.8 Å². The fraction of sp³-hybridized carbons (Fsp3) is 0.125. The predicted octanol–water partition coefficient (Wildman–Crippen LogP) is 3.25. The Morgan fingerprint density at radius 3 is 2.65 bits per heavy atom. The number of ether oxygens (including phenoxy) is 1. The number of nitrogens with one attached hydrogen (secondary N) is 1. The monoisotopic (exact) mass is 336 g/mol. The maximum absolute atomic E-state index is 13.1. The van der Waals surface area contributed by atoms with Gasteiger partial charge in [0.05, 0.1) is 5.56 Å². The lowest BCUT2D eigenvalue weighted by Gasteiger charge is -2.14. The summed E-state index contributed by atoms with van der Waals surface area (Å²) in [6.45, 7) is 1.40. The summed E-state index contributed by atoms with van der Waals surface area (Å²) in [6, 6.07) is 9.70. The molecule has 0 aliphatic heterocycles. The van der Waals surface area contributed by atoms with Gasteiger partial charge in [-0.1, -0.05) is 17.7 Å². The number of carbonyl (C=O) groups excluding carboxylic acids is 2. The van der Waals surface area contributed by atoms with E-state index in [9.17, 15) is 14.0 Å². The van der Waals surface area contributed by atoms with Crippen LogP contribution in [0.1, 0.15) is 17.3 Å². The minimum absolute atomic E-state index is 0.111. The lowest BCUT2D eigenvalue weighted by Crippen LogP contribution is -2.30. The van der Waals surface area contributed by atoms with Crippen LogP contribution >= 0.6 is 11.6 Å². The number of halogens is 2. The second kappa shape index (κ2) is 7.11. The molecule has 2 rings (SSSR count). The van der Waals surface area contributed by atoms with Crippen LogP contribution in [0.3, 0.4) is 0 Å². The van der Waals surface area contributed by atoms with Crippen LogP contribution in [-0.4, -0.2) is 18.0 Å². The molecule has 0 saturated heterocycles. The second-order valence-corrected chi connectivity index (χ2v) is 5.22. The van der Waals surface area contributed by atoms with E-state index in [1.165, 1.54) is 43.3 Å². The molecule has 120 valence electrons. The lowest BCUT2D eigenvalue weighted by atomic mass is 10.2. The van der Waals surface area contributed by atoms with E-state index in [-0.39, 0.29) is 16.9 Å². The number of benzene rings is 2. The van der Waals surface area contributed by atoms with Gasteiger partial charge in [0.2, 0.25) is 0 Å². The maximum Gasteiger partial charge on any atom is 0.341 e. The van der Waals surface area contributed by atoms with Crippen LogP contribution in [0.2, 0.25) is 5.02 Å². The molecule has 3 N–H and O–H groups in total. The van der Waals surface area contributed by atoms with Gasteiger partial charge in [0.1, 0.15) is 5.82 Å². The Bertz CT molecular complexity index is 752. The van der Waals surface area contributed by atoms with Crippen LogP contribution in [0.25, 0.3) is 0 Å². The number of anilines is 2. The summed E-state index contributed by atoms with van der Waals surface area (Å²) in [5.74, 6) is -1.82. The quantitative estimate of drug-likeness (QED) is 0.663. The Hall–Kier alpha value is -2.60. The molecule has 0 saturated carbocycles. The highest BCUT2D eigenvalue weighted by atomic mass is 35.5. The molecule has 0 aromatic heterocycles. The third-order valence-corrected chi connectivity index (χ3v) is 3.21. The molecule has 0 unspecified atom stereocenters. The molecule has 0 spiro atoms. The molecule has 5 nitrogen and oxygen atoms in total. The van der Waals surface area contributed by atoms with Gasteiger partial charge < -0.3 is 15.8 Å². The predicted molar refractivity (Wildman–Crippen MR) is 85.8 cm³/mol. The average Bonchev–Trinajstić information content (AvgIpc) is 2.46. The zero-order chi connectivity index (χ0) is 17.0. The zero-order valence-corrected chi connectivity index (χ0v) is 12.9. The summed E-state index contributed by atoms with van der Waals surface area (Å²) < 4.78 is 18.1. The molecule has 0 heterocycles. The Balaban J connectivity index is 2.01. The summed E-state index contributed by atoms with van der Waals surface area (Å²) in [5, 5.41) is 2.84. The molecule has 0 radical (unpaired) electrons. The second-order valence-electron chi connectivity index (χ2n) is 4.78. The van der Waals surface area contributed by atoms with Gasteiger partial charge in [0.25, 0.3) is 5.91 Å². The van der Waals surface area contributed by atoms with E-state index in [2.05, 4.69) is 5.32 Å². The standard InChI is InChI=1S/C16H14ClFN2O3/c1-9(15(21)20-12-4-2-3-11(18)8-12)23-16(22)13-6-5-10(17)7-14(13)19/h2-9H,19H2,1H3,(H,20,21)/t9-/m0/s1. The summed E-state index contributed by atoms with van der Waals surface area (Å²) in [5.41, 5.74) is 6.22. The summed E-state index contributed by atoms with van der Waals surface area (Å²) >= 11 is 5.75. The number of esters is 1. The summed E-state index contributed by atoms with van der Waals surface area (Å²) in [4.78, 5) is 24.0. The van der Waals surface area contributed by atoms with Gasteiger partial charge in [0, 0.05) is 16.4 Å². The minimum atomic E-state index is -1.08. The van der Waals surface area contributed by atoms with E-state index in [0.29, 0.717) is 5.02 Å². The van der Waals surface area contributed by atoms with Crippen molar-refractivity contribution in [1.29, 1.82) is 0 Å². The van der Waals surface area contributed by atoms with Crippen molar-refractivity contribution in [3.63, 3.8) is 0 Å². The van der Waals surface area contributed by atoms with Crippen molar-refractivity contribution in [1.82, 2.24) is 0 Å². The number of carbonyl (C=O) groups is 2. The highest BCUT2D eigenvalue weighted by molar-refractivity contribution is 6.31. The van der Waals surface area contributed by atoms with Crippen molar-refractivity contribution in [2.75, 3.05) is 11.1 Å². The molecule has 0 fully saturated rings. The Morgan fingerprint density at radius 1 is 1.26 bits per heavy atom. The Kier molecular flexibility index (Phi) is 5.18. The van der Waals surface area contributed by atoms with Gasteiger partial charge in [0.15, 0.2) is 6.10 Å². The van der Waals surface area contributed by atoms with Crippen molar-refractivity contribution < 1.29 is 18.7 Å². The highest BCUT2D eigenvalue weighted by Gasteiger charge is 2.20. The molecule has 0 bridgehead atoms. The molecule has 0 aliphatic carbocycles. The van der Waals surface area contributed by atoms with Gasteiger partial charge in [-0.15, -0.1) is 0 Å². The minimum Gasteiger partial charge on any atom is -0.449 e. The van der Waals surface area contributed by atoms with E-state index in [1.807, 2.05) is 0 Å². The fourth-order valence-electron chi connectivity index (χ4n) is 1.81. The Labute approximate surface area is 137 Å². The molecule has 2 aromatic carbocycles. The fourth-order valence-corrected chi connectivity index (χ4v) is 1.99. The number of rotatable bonds is 4. The van der Waals surface area contributed by atoms with Gasteiger partial charge in [-0.2, -0.15) is 0 Å². The molecule has 23 heavy (non-hydrogen) atoms. The lowest BCUT2D eigenvalue weighted by molar-refractivity contribution is -0.123. The van der Waals surface area contributed by atoms with Crippen LogP contribution in [0.5, 0.6) is 0 Å². The van der Waals surface area contributed by atoms with Crippen LogP contribution in [0, 0.1) is 5.82 Å². The third-order valence-electron chi connectivity index (χ3n) is 2.98. The van der Waals surface area contributed by atoms with E-state index in [0.717, 1.165) is 6.07 Å². The number of amides is 1. The van der Waals surface area contributed by atoms with Crippen LogP contribution in [-0.2, 0) is 9.53 Å². The largest absolute Gasteiger partial charge is 0.449 e. The van der Waals surface area contributed by atoms with Gasteiger partial charge in [-0.05, 0) is 43.3 Å². The molecule has 1 atom stereocenters. The first kappa shape index (κ1) is 16.8.